The van der Waals surface area contributed by atoms with Gasteiger partial charge in [-0.2, -0.15) is 0 Å². The molecule has 140 valence electrons. The van der Waals surface area contributed by atoms with Gasteiger partial charge >= 0.3 is 0 Å². The minimum atomic E-state index is 0.114. The Morgan fingerprint density at radius 3 is 1.61 bits per heavy atom. The molecule has 0 aromatic rings. The van der Waals surface area contributed by atoms with Crippen molar-refractivity contribution in [3.8, 4) is 0 Å². The van der Waals surface area contributed by atoms with Crippen molar-refractivity contribution in [3.63, 3.8) is 0 Å². The second-order valence-corrected chi connectivity index (χ2v) is 7.05. The van der Waals surface area contributed by atoms with Crippen LogP contribution in [0.3, 0.4) is 0 Å². The highest BCUT2D eigenvalue weighted by atomic mass is 15.2. The lowest BCUT2D eigenvalue weighted by molar-refractivity contribution is 0.187. The summed E-state index contributed by atoms with van der Waals surface area (Å²) in [4.78, 5) is 2.62. The molecule has 23 heavy (non-hydrogen) atoms. The van der Waals surface area contributed by atoms with Crippen LogP contribution in [-0.4, -0.2) is 44.3 Å². The second kappa shape index (κ2) is 15.4. The summed E-state index contributed by atoms with van der Waals surface area (Å²) < 4.78 is 0. The zero-order chi connectivity index (χ0) is 17.4. The van der Waals surface area contributed by atoms with Crippen molar-refractivity contribution >= 4 is 0 Å². The zero-order valence-corrected chi connectivity index (χ0v) is 16.8. The molecule has 0 bridgehead atoms. The van der Waals surface area contributed by atoms with Crippen molar-refractivity contribution in [2.45, 2.75) is 97.1 Å². The molecule has 3 nitrogen and oxygen atoms in total. The van der Waals surface area contributed by atoms with Gasteiger partial charge in [-0.1, -0.05) is 65.7 Å². The number of hydrogen-bond donors (Lipinski definition) is 2. The fourth-order valence-corrected chi connectivity index (χ4v) is 3.45. The summed E-state index contributed by atoms with van der Waals surface area (Å²) in [6.07, 6.45) is 14.6. The van der Waals surface area contributed by atoms with Crippen molar-refractivity contribution in [1.82, 2.24) is 15.5 Å². The molecule has 0 aliphatic rings. The van der Waals surface area contributed by atoms with Crippen LogP contribution in [0.2, 0.25) is 0 Å². The van der Waals surface area contributed by atoms with E-state index in [1.807, 2.05) is 0 Å². The quantitative estimate of drug-likeness (QED) is 0.297. The van der Waals surface area contributed by atoms with Gasteiger partial charge in [0.2, 0.25) is 0 Å². The van der Waals surface area contributed by atoms with E-state index in [0.29, 0.717) is 0 Å². The van der Waals surface area contributed by atoms with Crippen molar-refractivity contribution < 1.29 is 0 Å². The molecule has 0 radical (unpaired) electrons. The highest BCUT2D eigenvalue weighted by Crippen LogP contribution is 2.18. The third-order valence-electron chi connectivity index (χ3n) is 5.10. The Morgan fingerprint density at radius 2 is 1.13 bits per heavy atom. The predicted octanol–water partition coefficient (Wildman–Crippen LogP) is 4.77. The standard InChI is InChI=1S/C20H45N3/c1-6-9-10-11-12-13-14-15-20(21-4,22-5)16-19-23(17-7-2)18-8-3/h21-22H,6-19H2,1-5H3. The maximum absolute atomic E-state index is 3.58. The van der Waals surface area contributed by atoms with Gasteiger partial charge in [-0.15, -0.1) is 0 Å². The summed E-state index contributed by atoms with van der Waals surface area (Å²) in [5, 5.41) is 7.16. The van der Waals surface area contributed by atoms with Gasteiger partial charge in [0.25, 0.3) is 0 Å². The van der Waals surface area contributed by atoms with E-state index in [1.54, 1.807) is 0 Å². The Bertz CT molecular complexity index is 233. The summed E-state index contributed by atoms with van der Waals surface area (Å²) in [5.74, 6) is 0. The summed E-state index contributed by atoms with van der Waals surface area (Å²) in [6.45, 7) is 10.5. The van der Waals surface area contributed by atoms with Gasteiger partial charge in [0.1, 0.15) is 0 Å². The Balaban J connectivity index is 4.12. The highest BCUT2D eigenvalue weighted by Gasteiger charge is 2.25. The summed E-state index contributed by atoms with van der Waals surface area (Å²) in [7, 11) is 4.23. The van der Waals surface area contributed by atoms with E-state index in [0.717, 1.165) is 0 Å². The first-order valence-electron chi connectivity index (χ1n) is 10.3. The minimum absolute atomic E-state index is 0.114. The van der Waals surface area contributed by atoms with Crippen molar-refractivity contribution in [3.05, 3.63) is 0 Å². The van der Waals surface area contributed by atoms with Crippen molar-refractivity contribution in [2.75, 3.05) is 33.7 Å². The lowest BCUT2D eigenvalue weighted by atomic mass is 9.96. The van der Waals surface area contributed by atoms with Crippen LogP contribution in [0.4, 0.5) is 0 Å². The maximum atomic E-state index is 3.58. The first-order chi connectivity index (χ1) is 11.2. The molecule has 0 saturated carbocycles. The van der Waals surface area contributed by atoms with E-state index in [-0.39, 0.29) is 5.66 Å². The highest BCUT2D eigenvalue weighted by molar-refractivity contribution is 4.84. The smallest absolute Gasteiger partial charge is 0.0694 e. The molecule has 0 unspecified atom stereocenters. The third kappa shape index (κ3) is 11.1. The summed E-state index contributed by atoms with van der Waals surface area (Å²) >= 11 is 0. The van der Waals surface area contributed by atoms with Crippen LogP contribution in [-0.2, 0) is 0 Å². The molecule has 0 heterocycles. The molecule has 2 N–H and O–H groups in total. The number of nitrogens with one attached hydrogen (secondary N) is 2. The first-order valence-corrected chi connectivity index (χ1v) is 10.3. The summed E-state index contributed by atoms with van der Waals surface area (Å²) in [6, 6.07) is 0. The van der Waals surface area contributed by atoms with Crippen LogP contribution in [0, 0.1) is 0 Å². The molecule has 0 aromatic carbocycles. The molecular formula is C20H45N3. The van der Waals surface area contributed by atoms with E-state index < -0.39 is 0 Å². The fourth-order valence-electron chi connectivity index (χ4n) is 3.45. The Labute approximate surface area is 147 Å². The van der Waals surface area contributed by atoms with E-state index in [1.165, 1.54) is 90.3 Å². The topological polar surface area (TPSA) is 27.3 Å². The molecule has 0 aromatic heterocycles. The van der Waals surface area contributed by atoms with Gasteiger partial charge in [-0.05, 0) is 52.9 Å². The third-order valence-corrected chi connectivity index (χ3v) is 5.10. The molecule has 0 rings (SSSR count). The van der Waals surface area contributed by atoms with Gasteiger partial charge in [0.15, 0.2) is 0 Å². The van der Waals surface area contributed by atoms with Crippen LogP contribution >= 0.6 is 0 Å². The number of hydrogen-bond acceptors (Lipinski definition) is 3. The molecular weight excluding hydrogens is 282 g/mol. The largest absolute Gasteiger partial charge is 0.303 e. The van der Waals surface area contributed by atoms with Crippen LogP contribution in [0.1, 0.15) is 91.4 Å². The Morgan fingerprint density at radius 1 is 0.609 bits per heavy atom. The summed E-state index contributed by atoms with van der Waals surface area (Å²) in [5.41, 5.74) is 0.114. The first kappa shape index (κ1) is 22.9. The van der Waals surface area contributed by atoms with Gasteiger partial charge in [-0.3, -0.25) is 0 Å². The Kier molecular flexibility index (Phi) is 15.3. The molecule has 3 heteroatoms. The Hall–Kier alpha value is -0.120. The minimum Gasteiger partial charge on any atom is -0.303 e. The SMILES string of the molecule is CCCCCCCCCC(CCN(CCC)CCC)(NC)NC. The molecule has 0 spiro atoms. The van der Waals surface area contributed by atoms with E-state index in [4.69, 9.17) is 0 Å². The number of unbranched alkanes of at least 4 members (excludes halogenated alkanes) is 6. The van der Waals surface area contributed by atoms with Crippen molar-refractivity contribution in [2.24, 2.45) is 0 Å². The fraction of sp³-hybridized carbons (Fsp3) is 1.00. The predicted molar refractivity (Wildman–Crippen MR) is 105 cm³/mol. The van der Waals surface area contributed by atoms with Gasteiger partial charge in [-0.25, -0.2) is 0 Å². The second-order valence-electron chi connectivity index (χ2n) is 7.05. The van der Waals surface area contributed by atoms with E-state index >= 15 is 0 Å². The number of nitrogens with zero attached hydrogens (tertiary/aromatic N) is 1. The number of rotatable bonds is 17. The average molecular weight is 328 g/mol. The maximum Gasteiger partial charge on any atom is 0.0694 e. The molecule has 0 fully saturated rings. The lowest BCUT2D eigenvalue weighted by Crippen LogP contribution is -2.55. The zero-order valence-electron chi connectivity index (χ0n) is 16.8. The van der Waals surface area contributed by atoms with Gasteiger partial charge in [0, 0.05) is 6.54 Å². The van der Waals surface area contributed by atoms with Crippen LogP contribution in [0.15, 0.2) is 0 Å². The monoisotopic (exact) mass is 327 g/mol. The van der Waals surface area contributed by atoms with Gasteiger partial charge < -0.3 is 15.5 Å². The molecule has 0 atom stereocenters. The molecule has 0 aliphatic carbocycles. The normalized spacial score (nSPS) is 12.3. The van der Waals surface area contributed by atoms with Crippen molar-refractivity contribution in [1.29, 1.82) is 0 Å². The average Bonchev–Trinajstić information content (AvgIpc) is 2.57. The van der Waals surface area contributed by atoms with Crippen LogP contribution in [0.5, 0.6) is 0 Å². The van der Waals surface area contributed by atoms with E-state index in [9.17, 15) is 0 Å². The molecule has 0 saturated heterocycles. The molecule has 0 aliphatic heterocycles. The van der Waals surface area contributed by atoms with Crippen LogP contribution in [0.25, 0.3) is 0 Å². The lowest BCUT2D eigenvalue weighted by Gasteiger charge is -2.36. The van der Waals surface area contributed by atoms with Crippen LogP contribution < -0.4 is 10.6 Å². The van der Waals surface area contributed by atoms with Gasteiger partial charge in [0.05, 0.1) is 5.66 Å². The van der Waals surface area contributed by atoms with E-state index in [2.05, 4.69) is 50.4 Å². The molecule has 0 amide bonds.